The lowest BCUT2D eigenvalue weighted by molar-refractivity contribution is -0.131. The van der Waals surface area contributed by atoms with Crippen molar-refractivity contribution in [3.63, 3.8) is 0 Å². The Balaban J connectivity index is 1.52. The van der Waals surface area contributed by atoms with E-state index in [1.165, 1.54) is 12.1 Å². The van der Waals surface area contributed by atoms with E-state index in [9.17, 15) is 9.18 Å². The van der Waals surface area contributed by atoms with Gasteiger partial charge in [0.25, 0.3) is 0 Å². The molecule has 1 saturated heterocycles. The monoisotopic (exact) mass is 317 g/mol. The zero-order valence-electron chi connectivity index (χ0n) is 12.9. The number of aromatic nitrogens is 3. The molecule has 0 unspecified atom stereocenters. The van der Waals surface area contributed by atoms with Crippen LogP contribution < -0.4 is 0 Å². The van der Waals surface area contributed by atoms with Gasteiger partial charge in [0.05, 0.1) is 6.20 Å². The molecule has 1 aliphatic rings. The smallest absolute Gasteiger partial charge is 0.244 e. The van der Waals surface area contributed by atoms with E-state index >= 15 is 0 Å². The van der Waals surface area contributed by atoms with Crippen LogP contribution in [0.3, 0.4) is 0 Å². The average molecular weight is 317 g/mol. The highest BCUT2D eigenvalue weighted by Gasteiger charge is 2.19. The summed E-state index contributed by atoms with van der Waals surface area (Å²) >= 11 is 0. The molecule has 1 aliphatic heterocycles. The minimum atomic E-state index is -0.213. The van der Waals surface area contributed by atoms with Gasteiger partial charge in [0.1, 0.15) is 12.4 Å². The summed E-state index contributed by atoms with van der Waals surface area (Å²) in [5.74, 6) is -0.145. The number of benzene rings is 1. The standard InChI is InChI=1S/C16H20FN5O/c17-15-4-2-14(3-5-15)12-20-7-1-8-21(11-10-20)16(23)13-22-9-6-18-19-22/h2-6,9H,1,7-8,10-13H2. The number of hydrogen-bond acceptors (Lipinski definition) is 4. The van der Waals surface area contributed by atoms with Crippen LogP contribution in [0.1, 0.15) is 12.0 Å². The molecule has 2 aromatic rings. The second-order valence-corrected chi connectivity index (χ2v) is 5.74. The van der Waals surface area contributed by atoms with Crippen molar-refractivity contribution in [2.45, 2.75) is 19.5 Å². The van der Waals surface area contributed by atoms with Crippen LogP contribution in [0.4, 0.5) is 4.39 Å². The van der Waals surface area contributed by atoms with Crippen molar-refractivity contribution < 1.29 is 9.18 Å². The number of halogens is 1. The fourth-order valence-corrected chi connectivity index (χ4v) is 2.78. The summed E-state index contributed by atoms with van der Waals surface area (Å²) in [5.41, 5.74) is 1.09. The molecule has 122 valence electrons. The first kappa shape index (κ1) is 15.6. The fraction of sp³-hybridized carbons (Fsp3) is 0.438. The predicted molar refractivity (Wildman–Crippen MR) is 82.9 cm³/mol. The Hall–Kier alpha value is -2.28. The molecule has 0 N–H and O–H groups in total. The Morgan fingerprint density at radius 2 is 1.96 bits per heavy atom. The molecule has 1 aromatic carbocycles. The number of rotatable bonds is 4. The first-order valence-corrected chi connectivity index (χ1v) is 7.79. The van der Waals surface area contributed by atoms with Crippen LogP contribution in [-0.4, -0.2) is 56.9 Å². The molecular weight excluding hydrogens is 297 g/mol. The van der Waals surface area contributed by atoms with Crippen LogP contribution in [0.15, 0.2) is 36.7 Å². The van der Waals surface area contributed by atoms with E-state index in [0.717, 1.165) is 38.2 Å². The number of hydrogen-bond donors (Lipinski definition) is 0. The fourth-order valence-electron chi connectivity index (χ4n) is 2.78. The summed E-state index contributed by atoms with van der Waals surface area (Å²) in [6.07, 6.45) is 4.20. The van der Waals surface area contributed by atoms with Gasteiger partial charge in [-0.1, -0.05) is 17.3 Å². The largest absolute Gasteiger partial charge is 0.340 e. The second-order valence-electron chi connectivity index (χ2n) is 5.74. The minimum absolute atomic E-state index is 0.0686. The lowest BCUT2D eigenvalue weighted by Crippen LogP contribution is -2.37. The van der Waals surface area contributed by atoms with E-state index in [4.69, 9.17) is 0 Å². The van der Waals surface area contributed by atoms with Gasteiger partial charge in [-0.15, -0.1) is 5.10 Å². The van der Waals surface area contributed by atoms with Gasteiger partial charge in [0, 0.05) is 38.9 Å². The Morgan fingerprint density at radius 1 is 1.13 bits per heavy atom. The average Bonchev–Trinajstić information content (AvgIpc) is 2.94. The molecule has 7 heteroatoms. The highest BCUT2D eigenvalue weighted by molar-refractivity contribution is 5.75. The predicted octanol–water partition coefficient (Wildman–Crippen LogP) is 1.15. The zero-order valence-corrected chi connectivity index (χ0v) is 12.9. The molecule has 2 heterocycles. The van der Waals surface area contributed by atoms with Gasteiger partial charge in [0.2, 0.25) is 5.91 Å². The molecule has 0 radical (unpaired) electrons. The number of carbonyl (C=O) groups excluding carboxylic acids is 1. The molecular formula is C16H20FN5O. The number of carbonyl (C=O) groups is 1. The van der Waals surface area contributed by atoms with E-state index in [1.54, 1.807) is 17.1 Å². The van der Waals surface area contributed by atoms with Crippen LogP contribution in [-0.2, 0) is 17.9 Å². The third-order valence-corrected chi connectivity index (χ3v) is 4.03. The maximum atomic E-state index is 13.0. The molecule has 0 spiro atoms. The van der Waals surface area contributed by atoms with Crippen molar-refractivity contribution in [3.8, 4) is 0 Å². The Bertz CT molecular complexity index is 628. The van der Waals surface area contributed by atoms with Gasteiger partial charge in [-0.25, -0.2) is 9.07 Å². The molecule has 23 heavy (non-hydrogen) atoms. The molecule has 0 bridgehead atoms. The van der Waals surface area contributed by atoms with Crippen LogP contribution in [0.5, 0.6) is 0 Å². The maximum absolute atomic E-state index is 13.0. The second kappa shape index (κ2) is 7.32. The van der Waals surface area contributed by atoms with Crippen molar-refractivity contribution in [3.05, 3.63) is 48.0 Å². The summed E-state index contributed by atoms with van der Waals surface area (Å²) < 4.78 is 14.5. The molecule has 1 fully saturated rings. The highest BCUT2D eigenvalue weighted by atomic mass is 19.1. The van der Waals surface area contributed by atoms with Crippen molar-refractivity contribution >= 4 is 5.91 Å². The van der Waals surface area contributed by atoms with E-state index in [0.29, 0.717) is 6.54 Å². The maximum Gasteiger partial charge on any atom is 0.244 e. The summed E-state index contributed by atoms with van der Waals surface area (Å²) in [7, 11) is 0. The zero-order chi connectivity index (χ0) is 16.1. The van der Waals surface area contributed by atoms with Crippen molar-refractivity contribution in [1.29, 1.82) is 0 Å². The lowest BCUT2D eigenvalue weighted by Gasteiger charge is -2.22. The topological polar surface area (TPSA) is 54.3 Å². The molecule has 0 aliphatic carbocycles. The summed E-state index contributed by atoms with van der Waals surface area (Å²) in [4.78, 5) is 16.5. The van der Waals surface area contributed by atoms with Gasteiger partial charge < -0.3 is 4.90 Å². The first-order chi connectivity index (χ1) is 11.2. The molecule has 1 aromatic heterocycles. The van der Waals surface area contributed by atoms with Gasteiger partial charge in [-0.2, -0.15) is 0 Å². The van der Waals surface area contributed by atoms with Gasteiger partial charge >= 0.3 is 0 Å². The van der Waals surface area contributed by atoms with Gasteiger partial charge in [0.15, 0.2) is 0 Å². The van der Waals surface area contributed by atoms with Crippen LogP contribution in [0.2, 0.25) is 0 Å². The molecule has 0 atom stereocenters. The third kappa shape index (κ3) is 4.35. The third-order valence-electron chi connectivity index (χ3n) is 4.03. The Kier molecular flexibility index (Phi) is 4.97. The van der Waals surface area contributed by atoms with Crippen molar-refractivity contribution in [1.82, 2.24) is 24.8 Å². The minimum Gasteiger partial charge on any atom is -0.340 e. The van der Waals surface area contributed by atoms with Crippen LogP contribution >= 0.6 is 0 Å². The van der Waals surface area contributed by atoms with E-state index in [1.807, 2.05) is 17.0 Å². The molecule has 1 amide bonds. The van der Waals surface area contributed by atoms with Crippen molar-refractivity contribution in [2.75, 3.05) is 26.2 Å². The van der Waals surface area contributed by atoms with E-state index in [-0.39, 0.29) is 18.3 Å². The van der Waals surface area contributed by atoms with Crippen molar-refractivity contribution in [2.24, 2.45) is 0 Å². The lowest BCUT2D eigenvalue weighted by atomic mass is 10.2. The quantitative estimate of drug-likeness (QED) is 0.849. The first-order valence-electron chi connectivity index (χ1n) is 7.79. The number of nitrogens with zero attached hydrogens (tertiary/aromatic N) is 5. The van der Waals surface area contributed by atoms with Gasteiger partial charge in [-0.3, -0.25) is 9.69 Å². The molecule has 0 saturated carbocycles. The van der Waals surface area contributed by atoms with Crippen LogP contribution in [0.25, 0.3) is 0 Å². The number of amides is 1. The summed E-state index contributed by atoms with van der Waals surface area (Å²) in [6, 6.07) is 6.60. The molecule has 6 nitrogen and oxygen atoms in total. The summed E-state index contributed by atoms with van der Waals surface area (Å²) in [6.45, 7) is 4.23. The Morgan fingerprint density at radius 3 is 2.70 bits per heavy atom. The van der Waals surface area contributed by atoms with E-state index in [2.05, 4.69) is 15.2 Å². The highest BCUT2D eigenvalue weighted by Crippen LogP contribution is 2.10. The van der Waals surface area contributed by atoms with Crippen LogP contribution in [0, 0.1) is 5.82 Å². The Labute approximate surface area is 134 Å². The van der Waals surface area contributed by atoms with Gasteiger partial charge in [-0.05, 0) is 24.1 Å². The molecule has 3 rings (SSSR count). The SMILES string of the molecule is O=C(Cn1ccnn1)N1CCCN(Cc2ccc(F)cc2)CC1. The van der Waals surface area contributed by atoms with E-state index < -0.39 is 0 Å². The normalized spacial score (nSPS) is 16.3. The summed E-state index contributed by atoms with van der Waals surface area (Å²) in [5, 5.41) is 7.54.